The molecule has 5 nitrogen and oxygen atoms in total. The summed E-state index contributed by atoms with van der Waals surface area (Å²) in [6, 6.07) is 13.5. The number of fused-ring (bicyclic) bond motifs is 2. The van der Waals surface area contributed by atoms with Gasteiger partial charge >= 0.3 is 12.1 Å². The number of alkyl halides is 3. The van der Waals surface area contributed by atoms with Crippen LogP contribution in [0.25, 0.3) is 11.1 Å². The summed E-state index contributed by atoms with van der Waals surface area (Å²) in [5, 5.41) is 2.87. The van der Waals surface area contributed by atoms with Gasteiger partial charge in [0.25, 0.3) is 0 Å². The van der Waals surface area contributed by atoms with Crippen LogP contribution in [0.15, 0.2) is 78.1 Å². The Labute approximate surface area is 213 Å². The van der Waals surface area contributed by atoms with Crippen molar-refractivity contribution >= 4 is 17.5 Å². The maximum Gasteiger partial charge on any atom is 0.471 e. The molecule has 8 heteroatoms. The predicted octanol–water partition coefficient (Wildman–Crippen LogP) is 6.36. The molecule has 0 spiro atoms. The van der Waals surface area contributed by atoms with Crippen LogP contribution in [0.1, 0.15) is 37.7 Å². The van der Waals surface area contributed by atoms with Crippen molar-refractivity contribution < 1.29 is 27.5 Å². The average molecular weight is 509 g/mol. The van der Waals surface area contributed by atoms with Crippen LogP contribution >= 0.6 is 0 Å². The zero-order chi connectivity index (χ0) is 26.2. The number of benzene rings is 2. The number of hydrogen-bond donors (Lipinski definition) is 1. The number of nitrogens with zero attached hydrogens (tertiary/aromatic N) is 1. The smallest absolute Gasteiger partial charge is 0.457 e. The molecule has 1 atom stereocenters. The van der Waals surface area contributed by atoms with Crippen LogP contribution in [0, 0.1) is 5.92 Å². The first kappa shape index (κ1) is 24.9. The molecule has 0 aromatic heterocycles. The van der Waals surface area contributed by atoms with E-state index in [9.17, 15) is 22.8 Å². The highest BCUT2D eigenvalue weighted by molar-refractivity contribution is 5.94. The molecule has 3 aliphatic rings. The van der Waals surface area contributed by atoms with E-state index in [1.165, 1.54) is 6.92 Å². The van der Waals surface area contributed by atoms with Crippen LogP contribution in [0.4, 0.5) is 18.9 Å². The standard InChI is InChI=1S/C29H27F3N2O3/c1-18(35)33-24-9-6-5-7-21(24)20-11-12-23-26(17-20)37-25-10-4-2-3-8-22(25)27(23)19-13-15-34(16-14-19)28(36)29(30,31)32/h2,4-12,17,19,27H,3,13-16H2,1H3,(H,33,35). The average Bonchev–Trinajstić information content (AvgIpc) is 3.11. The lowest BCUT2D eigenvalue weighted by molar-refractivity contribution is -0.186. The summed E-state index contributed by atoms with van der Waals surface area (Å²) < 4.78 is 45.3. The van der Waals surface area contributed by atoms with Crippen molar-refractivity contribution in [3.63, 3.8) is 0 Å². The van der Waals surface area contributed by atoms with Gasteiger partial charge in [0.2, 0.25) is 5.91 Å². The maximum absolute atomic E-state index is 13.0. The Morgan fingerprint density at radius 3 is 2.57 bits per heavy atom. The Morgan fingerprint density at radius 1 is 1.08 bits per heavy atom. The quantitative estimate of drug-likeness (QED) is 0.525. The number of piperidine rings is 1. The fourth-order valence-corrected chi connectivity index (χ4v) is 5.49. The van der Waals surface area contributed by atoms with Gasteiger partial charge in [0.05, 0.1) is 0 Å². The molecule has 192 valence electrons. The summed E-state index contributed by atoms with van der Waals surface area (Å²) in [7, 11) is 0. The highest BCUT2D eigenvalue weighted by atomic mass is 19.4. The number of allylic oxidation sites excluding steroid dienone is 5. The van der Waals surface area contributed by atoms with Crippen LogP contribution in [-0.4, -0.2) is 36.0 Å². The summed E-state index contributed by atoms with van der Waals surface area (Å²) in [6.07, 6.45) is 4.84. The van der Waals surface area contributed by atoms with Gasteiger partial charge in [-0.05, 0) is 54.5 Å². The molecule has 5 rings (SSSR count). The number of likely N-dealkylation sites (tertiary alicyclic amines) is 1. The molecule has 1 N–H and O–H groups in total. The second-order valence-electron chi connectivity index (χ2n) is 9.54. The molecule has 1 fully saturated rings. The molecule has 37 heavy (non-hydrogen) atoms. The first-order valence-electron chi connectivity index (χ1n) is 12.3. The van der Waals surface area contributed by atoms with Gasteiger partial charge in [0.1, 0.15) is 11.5 Å². The number of para-hydroxylation sites is 1. The highest BCUT2D eigenvalue weighted by Crippen LogP contribution is 2.50. The fraction of sp³-hybridized carbons (Fsp3) is 0.310. The number of ether oxygens (including phenoxy) is 1. The minimum atomic E-state index is -4.85. The second kappa shape index (κ2) is 9.92. The summed E-state index contributed by atoms with van der Waals surface area (Å²) in [4.78, 5) is 24.4. The first-order valence-corrected chi connectivity index (χ1v) is 12.3. The van der Waals surface area contributed by atoms with E-state index in [-0.39, 0.29) is 30.8 Å². The van der Waals surface area contributed by atoms with E-state index in [0.717, 1.165) is 39.3 Å². The molecule has 1 saturated heterocycles. The van der Waals surface area contributed by atoms with Crippen molar-refractivity contribution in [1.82, 2.24) is 4.90 Å². The third kappa shape index (κ3) is 5.05. The summed E-state index contributed by atoms with van der Waals surface area (Å²) >= 11 is 0. The van der Waals surface area contributed by atoms with Crippen LogP contribution in [0.2, 0.25) is 0 Å². The van der Waals surface area contributed by atoms with Crippen molar-refractivity contribution in [2.45, 2.75) is 38.3 Å². The molecule has 0 bridgehead atoms. The van der Waals surface area contributed by atoms with Crippen LogP contribution < -0.4 is 10.1 Å². The molecule has 1 aliphatic carbocycles. The van der Waals surface area contributed by atoms with E-state index in [2.05, 4.69) is 11.4 Å². The van der Waals surface area contributed by atoms with E-state index in [0.29, 0.717) is 24.3 Å². The van der Waals surface area contributed by atoms with Gasteiger partial charge < -0.3 is 15.0 Å². The molecular weight excluding hydrogens is 481 g/mol. The van der Waals surface area contributed by atoms with E-state index in [1.54, 1.807) is 0 Å². The van der Waals surface area contributed by atoms with Gasteiger partial charge in [0, 0.05) is 42.7 Å². The Balaban J connectivity index is 1.50. The Bertz CT molecular complexity index is 1320. The molecule has 0 radical (unpaired) electrons. The SMILES string of the molecule is CC(=O)Nc1ccccc1-c1ccc2c(c1)OC1=CC=CCC=C1C2C1CCN(C(=O)C(F)(F)F)CC1. The molecule has 2 aromatic rings. The van der Waals surface area contributed by atoms with Crippen LogP contribution in [-0.2, 0) is 9.59 Å². The lowest BCUT2D eigenvalue weighted by Gasteiger charge is -2.40. The number of anilines is 1. The molecule has 2 aromatic carbocycles. The molecule has 0 saturated carbocycles. The monoisotopic (exact) mass is 508 g/mol. The number of carbonyl (C=O) groups excluding carboxylic acids is 2. The van der Waals surface area contributed by atoms with Crippen molar-refractivity contribution in [2.75, 3.05) is 18.4 Å². The minimum Gasteiger partial charge on any atom is -0.457 e. The molecule has 2 amide bonds. The highest BCUT2D eigenvalue weighted by Gasteiger charge is 2.45. The topological polar surface area (TPSA) is 58.6 Å². The van der Waals surface area contributed by atoms with Crippen LogP contribution in [0.3, 0.4) is 0 Å². The zero-order valence-electron chi connectivity index (χ0n) is 20.3. The Kier molecular flexibility index (Phi) is 6.67. The minimum absolute atomic E-state index is 0.0577. The Hall–Kier alpha value is -3.81. The van der Waals surface area contributed by atoms with E-state index >= 15 is 0 Å². The van der Waals surface area contributed by atoms with Crippen molar-refractivity contribution in [2.24, 2.45) is 5.92 Å². The lowest BCUT2D eigenvalue weighted by Crippen LogP contribution is -2.46. The van der Waals surface area contributed by atoms with Gasteiger partial charge in [-0.3, -0.25) is 9.59 Å². The van der Waals surface area contributed by atoms with E-state index < -0.39 is 12.1 Å². The molecular formula is C29H27F3N2O3. The first-order chi connectivity index (χ1) is 17.7. The number of hydrogen-bond acceptors (Lipinski definition) is 3. The molecule has 1 unspecified atom stereocenters. The van der Waals surface area contributed by atoms with Gasteiger partial charge in [-0.2, -0.15) is 13.2 Å². The Morgan fingerprint density at radius 2 is 1.84 bits per heavy atom. The van der Waals surface area contributed by atoms with Crippen LogP contribution in [0.5, 0.6) is 5.75 Å². The van der Waals surface area contributed by atoms with Crippen molar-refractivity contribution in [3.05, 3.63) is 83.7 Å². The van der Waals surface area contributed by atoms with Gasteiger partial charge in [-0.1, -0.05) is 48.6 Å². The van der Waals surface area contributed by atoms with Crippen molar-refractivity contribution in [1.29, 1.82) is 0 Å². The third-order valence-corrected chi connectivity index (χ3v) is 7.14. The maximum atomic E-state index is 13.0. The predicted molar refractivity (Wildman–Crippen MR) is 135 cm³/mol. The van der Waals surface area contributed by atoms with Gasteiger partial charge in [-0.25, -0.2) is 0 Å². The van der Waals surface area contributed by atoms with Gasteiger partial charge in [-0.15, -0.1) is 0 Å². The summed E-state index contributed by atoms with van der Waals surface area (Å²) in [5.74, 6) is -0.510. The number of amides is 2. The molecule has 2 heterocycles. The second-order valence-corrected chi connectivity index (χ2v) is 9.54. The number of nitrogens with one attached hydrogen (secondary N) is 1. The van der Waals surface area contributed by atoms with E-state index in [1.807, 2.05) is 60.7 Å². The lowest BCUT2D eigenvalue weighted by atomic mass is 9.73. The summed E-state index contributed by atoms with van der Waals surface area (Å²) in [5.41, 5.74) is 4.44. The molecule has 2 aliphatic heterocycles. The van der Waals surface area contributed by atoms with Gasteiger partial charge in [0.15, 0.2) is 0 Å². The van der Waals surface area contributed by atoms with Crippen molar-refractivity contribution in [3.8, 4) is 16.9 Å². The number of carbonyl (C=O) groups is 2. The zero-order valence-corrected chi connectivity index (χ0v) is 20.3. The number of halogens is 3. The normalized spacial score (nSPS) is 19.6. The summed E-state index contributed by atoms with van der Waals surface area (Å²) in [6.45, 7) is 1.61. The fourth-order valence-electron chi connectivity index (χ4n) is 5.49. The van der Waals surface area contributed by atoms with E-state index in [4.69, 9.17) is 4.74 Å². The largest absolute Gasteiger partial charge is 0.471 e. The third-order valence-electron chi connectivity index (χ3n) is 7.14. The number of rotatable bonds is 3.